The molecule has 2 heterocycles. The summed E-state index contributed by atoms with van der Waals surface area (Å²) in [5, 5.41) is 7.18. The SMILES string of the molecule is CNc1cnn(-c2cccnc2)c1.Cl.Cl. The summed E-state index contributed by atoms with van der Waals surface area (Å²) in [7, 11) is 1.87. The lowest BCUT2D eigenvalue weighted by Crippen LogP contribution is -1.93. The first kappa shape index (κ1) is 13.7. The summed E-state index contributed by atoms with van der Waals surface area (Å²) in [6.07, 6.45) is 7.20. The van der Waals surface area contributed by atoms with Crippen molar-refractivity contribution in [2.24, 2.45) is 0 Å². The summed E-state index contributed by atoms with van der Waals surface area (Å²) in [4.78, 5) is 4.01. The predicted octanol–water partition coefficient (Wildman–Crippen LogP) is 2.15. The fourth-order valence-corrected chi connectivity index (χ4v) is 1.08. The molecular formula is C9H12Cl2N4. The second-order valence-corrected chi connectivity index (χ2v) is 2.63. The molecule has 15 heavy (non-hydrogen) atoms. The molecule has 2 aromatic heterocycles. The van der Waals surface area contributed by atoms with E-state index in [2.05, 4.69) is 15.4 Å². The molecule has 0 aromatic carbocycles. The van der Waals surface area contributed by atoms with Crippen molar-refractivity contribution in [1.82, 2.24) is 14.8 Å². The Labute approximate surface area is 101 Å². The number of aromatic nitrogens is 3. The van der Waals surface area contributed by atoms with E-state index in [1.807, 2.05) is 25.4 Å². The van der Waals surface area contributed by atoms with Gasteiger partial charge in [0.15, 0.2) is 0 Å². The summed E-state index contributed by atoms with van der Waals surface area (Å²) < 4.78 is 1.78. The Kier molecular flexibility index (Phi) is 5.74. The topological polar surface area (TPSA) is 42.7 Å². The molecule has 0 aliphatic heterocycles. The Morgan fingerprint density at radius 3 is 2.60 bits per heavy atom. The van der Waals surface area contributed by atoms with Crippen LogP contribution in [-0.4, -0.2) is 21.8 Å². The smallest absolute Gasteiger partial charge is 0.0829 e. The highest BCUT2D eigenvalue weighted by Gasteiger charge is 1.97. The van der Waals surface area contributed by atoms with E-state index in [0.29, 0.717) is 0 Å². The lowest BCUT2D eigenvalue weighted by Gasteiger charge is -1.97. The minimum Gasteiger partial charge on any atom is -0.386 e. The largest absolute Gasteiger partial charge is 0.386 e. The molecule has 0 spiro atoms. The molecule has 0 aliphatic rings. The monoisotopic (exact) mass is 246 g/mol. The third kappa shape index (κ3) is 3.11. The molecule has 0 fully saturated rings. The third-order valence-electron chi connectivity index (χ3n) is 1.78. The van der Waals surface area contributed by atoms with E-state index in [4.69, 9.17) is 0 Å². The van der Waals surface area contributed by atoms with Crippen LogP contribution in [0.4, 0.5) is 5.69 Å². The van der Waals surface area contributed by atoms with E-state index in [0.717, 1.165) is 11.4 Å². The van der Waals surface area contributed by atoms with Crippen molar-refractivity contribution >= 4 is 30.5 Å². The zero-order chi connectivity index (χ0) is 9.10. The van der Waals surface area contributed by atoms with Gasteiger partial charge in [-0.25, -0.2) is 4.68 Å². The molecule has 0 unspecified atom stereocenters. The molecule has 2 aromatic rings. The number of halogens is 2. The number of anilines is 1. The number of hydrogen-bond donors (Lipinski definition) is 1. The van der Waals surface area contributed by atoms with Crippen LogP contribution in [0.25, 0.3) is 5.69 Å². The summed E-state index contributed by atoms with van der Waals surface area (Å²) in [5.74, 6) is 0. The molecular weight excluding hydrogens is 235 g/mol. The summed E-state index contributed by atoms with van der Waals surface area (Å²) in [6, 6.07) is 3.84. The fourth-order valence-electron chi connectivity index (χ4n) is 1.08. The maximum Gasteiger partial charge on any atom is 0.0829 e. The zero-order valence-corrected chi connectivity index (χ0v) is 9.76. The summed E-state index contributed by atoms with van der Waals surface area (Å²) >= 11 is 0. The van der Waals surface area contributed by atoms with Gasteiger partial charge in [0.05, 0.1) is 30.0 Å². The van der Waals surface area contributed by atoms with Gasteiger partial charge in [0.1, 0.15) is 0 Å². The Morgan fingerprint density at radius 1 is 1.27 bits per heavy atom. The molecule has 0 radical (unpaired) electrons. The summed E-state index contributed by atoms with van der Waals surface area (Å²) in [6.45, 7) is 0. The molecule has 0 amide bonds. The average molecular weight is 247 g/mol. The second kappa shape index (κ2) is 6.27. The van der Waals surface area contributed by atoms with Gasteiger partial charge in [-0.05, 0) is 12.1 Å². The minimum atomic E-state index is 0. The van der Waals surface area contributed by atoms with Crippen molar-refractivity contribution in [3.8, 4) is 5.69 Å². The van der Waals surface area contributed by atoms with E-state index in [9.17, 15) is 0 Å². The summed E-state index contributed by atoms with van der Waals surface area (Å²) in [5.41, 5.74) is 1.95. The van der Waals surface area contributed by atoms with Gasteiger partial charge < -0.3 is 5.32 Å². The van der Waals surface area contributed by atoms with Crippen LogP contribution in [0.3, 0.4) is 0 Å². The molecule has 2 rings (SSSR count). The molecule has 4 nitrogen and oxygen atoms in total. The van der Waals surface area contributed by atoms with Crippen molar-refractivity contribution in [3.63, 3.8) is 0 Å². The Bertz CT molecular complexity index is 388. The van der Waals surface area contributed by atoms with Crippen LogP contribution < -0.4 is 5.32 Å². The molecule has 0 saturated carbocycles. The number of pyridine rings is 1. The van der Waals surface area contributed by atoms with Crippen LogP contribution in [0.1, 0.15) is 0 Å². The molecule has 0 bridgehead atoms. The minimum absolute atomic E-state index is 0. The molecule has 82 valence electrons. The second-order valence-electron chi connectivity index (χ2n) is 2.63. The number of nitrogens with zero attached hydrogens (tertiary/aromatic N) is 3. The number of nitrogens with one attached hydrogen (secondary N) is 1. The van der Waals surface area contributed by atoms with Gasteiger partial charge in [-0.1, -0.05) is 0 Å². The Hall–Kier alpha value is -1.26. The van der Waals surface area contributed by atoms with Gasteiger partial charge in [-0.3, -0.25) is 4.98 Å². The van der Waals surface area contributed by atoms with Gasteiger partial charge in [0, 0.05) is 13.2 Å². The third-order valence-corrected chi connectivity index (χ3v) is 1.78. The van der Waals surface area contributed by atoms with Gasteiger partial charge in [-0.2, -0.15) is 5.10 Å². The van der Waals surface area contributed by atoms with Gasteiger partial charge in [-0.15, -0.1) is 24.8 Å². The maximum atomic E-state index is 4.17. The molecule has 1 N–H and O–H groups in total. The van der Waals surface area contributed by atoms with Crippen molar-refractivity contribution in [2.75, 3.05) is 12.4 Å². The van der Waals surface area contributed by atoms with Crippen LogP contribution in [-0.2, 0) is 0 Å². The van der Waals surface area contributed by atoms with E-state index < -0.39 is 0 Å². The van der Waals surface area contributed by atoms with Crippen molar-refractivity contribution in [2.45, 2.75) is 0 Å². The molecule has 6 heteroatoms. The van der Waals surface area contributed by atoms with Crippen LogP contribution >= 0.6 is 24.8 Å². The van der Waals surface area contributed by atoms with E-state index >= 15 is 0 Å². The maximum absolute atomic E-state index is 4.17. The lowest BCUT2D eigenvalue weighted by atomic mass is 10.4. The lowest BCUT2D eigenvalue weighted by molar-refractivity contribution is 0.874. The van der Waals surface area contributed by atoms with Crippen molar-refractivity contribution in [1.29, 1.82) is 0 Å². The standard InChI is InChI=1S/C9H10N4.2ClH/c1-10-8-5-12-13(7-8)9-3-2-4-11-6-9;;/h2-7,10H,1H3;2*1H. The predicted molar refractivity (Wildman–Crippen MR) is 65.4 cm³/mol. The molecule has 0 atom stereocenters. The van der Waals surface area contributed by atoms with Gasteiger partial charge in [0.2, 0.25) is 0 Å². The van der Waals surface area contributed by atoms with Crippen LogP contribution in [0, 0.1) is 0 Å². The highest BCUT2D eigenvalue weighted by Crippen LogP contribution is 2.08. The molecule has 0 saturated heterocycles. The number of rotatable bonds is 2. The van der Waals surface area contributed by atoms with E-state index in [1.54, 1.807) is 23.3 Å². The normalized spacial score (nSPS) is 8.60. The number of hydrogen-bond acceptors (Lipinski definition) is 3. The van der Waals surface area contributed by atoms with Crippen molar-refractivity contribution < 1.29 is 0 Å². The quantitative estimate of drug-likeness (QED) is 0.884. The van der Waals surface area contributed by atoms with Gasteiger partial charge in [0.25, 0.3) is 0 Å². The first-order valence-corrected chi connectivity index (χ1v) is 4.03. The van der Waals surface area contributed by atoms with Crippen LogP contribution in [0.15, 0.2) is 36.9 Å². The van der Waals surface area contributed by atoms with Gasteiger partial charge >= 0.3 is 0 Å². The van der Waals surface area contributed by atoms with E-state index in [1.165, 1.54) is 0 Å². The highest BCUT2D eigenvalue weighted by molar-refractivity contribution is 5.85. The first-order chi connectivity index (χ1) is 6.40. The fraction of sp³-hybridized carbons (Fsp3) is 0.111. The first-order valence-electron chi connectivity index (χ1n) is 4.03. The zero-order valence-electron chi connectivity index (χ0n) is 8.12. The van der Waals surface area contributed by atoms with E-state index in [-0.39, 0.29) is 24.8 Å². The van der Waals surface area contributed by atoms with Crippen molar-refractivity contribution in [3.05, 3.63) is 36.9 Å². The van der Waals surface area contributed by atoms with Crippen LogP contribution in [0.2, 0.25) is 0 Å². The Morgan fingerprint density at radius 2 is 2.07 bits per heavy atom. The average Bonchev–Trinajstić information content (AvgIpc) is 2.67. The Balaban J connectivity index is 0.000000980. The molecule has 0 aliphatic carbocycles. The van der Waals surface area contributed by atoms with Crippen LogP contribution in [0.5, 0.6) is 0 Å². The highest BCUT2D eigenvalue weighted by atomic mass is 35.5.